The van der Waals surface area contributed by atoms with Crippen molar-refractivity contribution in [2.24, 2.45) is 0 Å². The van der Waals surface area contributed by atoms with Crippen molar-refractivity contribution in [2.75, 3.05) is 5.32 Å². The molecule has 2 N–H and O–H groups in total. The number of fused-ring (bicyclic) bond motifs is 1. The summed E-state index contributed by atoms with van der Waals surface area (Å²) in [6.07, 6.45) is 1.43. The van der Waals surface area contributed by atoms with Gasteiger partial charge in [0.05, 0.1) is 11.1 Å². The number of rotatable bonds is 3. The molecule has 0 aliphatic carbocycles. The fraction of sp³-hybridized carbons (Fsp3) is 0.250. The van der Waals surface area contributed by atoms with Gasteiger partial charge in [-0.1, -0.05) is 0 Å². The van der Waals surface area contributed by atoms with Crippen LogP contribution in [0.15, 0.2) is 24.5 Å². The average molecular weight is 268 g/mol. The lowest BCUT2D eigenvalue weighted by Gasteiger charge is -2.11. The Morgan fingerprint density at radius 2 is 2.06 bits per heavy atom. The molecule has 0 atom stereocenters. The quantitative estimate of drug-likeness (QED) is 0.894. The number of carboxylic acid groups (broad SMARTS) is 1. The van der Waals surface area contributed by atoms with Crippen LogP contribution < -0.4 is 5.32 Å². The molecule has 0 bridgehead atoms. The third-order valence-corrected chi connectivity index (χ3v) is 2.31. The first kappa shape index (κ1) is 14.2. The number of hydrogen-bond acceptors (Lipinski definition) is 4. The Morgan fingerprint density at radius 3 is 2.67 bits per heavy atom. The lowest BCUT2D eigenvalue weighted by molar-refractivity contribution is 0.0697. The number of benzene rings is 1. The van der Waals surface area contributed by atoms with E-state index in [0.29, 0.717) is 5.52 Å². The van der Waals surface area contributed by atoms with Gasteiger partial charge in [-0.05, 0) is 32.0 Å². The molecular weight excluding hydrogens is 254 g/mol. The molecule has 2 aromatic rings. The number of halogens is 1. The SMILES string of the molecule is CC(C)Nc1ncnc2cc(C(=O)O)ccc12.Cl. The van der Waals surface area contributed by atoms with Gasteiger partial charge in [-0.15, -0.1) is 12.4 Å². The Kier molecular flexibility index (Phi) is 4.44. The molecule has 2 rings (SSSR count). The number of nitrogens with zero attached hydrogens (tertiary/aromatic N) is 2. The van der Waals surface area contributed by atoms with Gasteiger partial charge in [-0.25, -0.2) is 14.8 Å². The highest BCUT2D eigenvalue weighted by Crippen LogP contribution is 2.20. The van der Waals surface area contributed by atoms with Gasteiger partial charge in [-0.2, -0.15) is 0 Å². The van der Waals surface area contributed by atoms with E-state index in [-0.39, 0.29) is 24.0 Å². The van der Waals surface area contributed by atoms with Crippen LogP contribution >= 0.6 is 12.4 Å². The molecule has 1 heterocycles. The summed E-state index contributed by atoms with van der Waals surface area (Å²) in [7, 11) is 0. The summed E-state index contributed by atoms with van der Waals surface area (Å²) < 4.78 is 0. The van der Waals surface area contributed by atoms with Crippen LogP contribution in [0.1, 0.15) is 24.2 Å². The average Bonchev–Trinajstić information content (AvgIpc) is 2.28. The zero-order chi connectivity index (χ0) is 12.4. The molecule has 0 spiro atoms. The van der Waals surface area contributed by atoms with E-state index >= 15 is 0 Å². The maximum Gasteiger partial charge on any atom is 0.335 e. The molecule has 1 aromatic heterocycles. The van der Waals surface area contributed by atoms with Gasteiger partial charge in [0, 0.05) is 11.4 Å². The summed E-state index contributed by atoms with van der Waals surface area (Å²) in [5.74, 6) is -0.231. The third-order valence-electron chi connectivity index (χ3n) is 2.31. The zero-order valence-electron chi connectivity index (χ0n) is 10.0. The van der Waals surface area contributed by atoms with Crippen molar-refractivity contribution in [3.05, 3.63) is 30.1 Å². The van der Waals surface area contributed by atoms with E-state index in [1.165, 1.54) is 6.33 Å². The molecule has 0 unspecified atom stereocenters. The van der Waals surface area contributed by atoms with E-state index in [2.05, 4.69) is 15.3 Å². The van der Waals surface area contributed by atoms with E-state index in [0.717, 1.165) is 11.2 Å². The molecule has 1 aromatic carbocycles. The summed E-state index contributed by atoms with van der Waals surface area (Å²) in [5, 5.41) is 12.9. The first-order valence-electron chi connectivity index (χ1n) is 5.32. The smallest absolute Gasteiger partial charge is 0.335 e. The monoisotopic (exact) mass is 267 g/mol. The van der Waals surface area contributed by atoms with Crippen molar-refractivity contribution in [3.63, 3.8) is 0 Å². The molecule has 96 valence electrons. The van der Waals surface area contributed by atoms with Crippen molar-refractivity contribution < 1.29 is 9.90 Å². The number of carboxylic acids is 1. The van der Waals surface area contributed by atoms with Gasteiger partial charge in [0.25, 0.3) is 0 Å². The minimum Gasteiger partial charge on any atom is -0.478 e. The Balaban J connectivity index is 0.00000162. The Morgan fingerprint density at radius 1 is 1.33 bits per heavy atom. The van der Waals surface area contributed by atoms with E-state index in [1.807, 2.05) is 13.8 Å². The number of anilines is 1. The van der Waals surface area contributed by atoms with Crippen LogP contribution in [-0.4, -0.2) is 27.1 Å². The van der Waals surface area contributed by atoms with Crippen LogP contribution in [0.5, 0.6) is 0 Å². The van der Waals surface area contributed by atoms with Gasteiger partial charge >= 0.3 is 5.97 Å². The molecule has 0 aliphatic heterocycles. The number of aromatic carboxylic acids is 1. The number of hydrogen-bond donors (Lipinski definition) is 2. The highest BCUT2D eigenvalue weighted by atomic mass is 35.5. The lowest BCUT2D eigenvalue weighted by atomic mass is 10.1. The summed E-state index contributed by atoms with van der Waals surface area (Å²) in [6, 6.07) is 5.08. The third kappa shape index (κ3) is 2.87. The fourth-order valence-electron chi connectivity index (χ4n) is 1.58. The molecule has 0 radical (unpaired) electrons. The van der Waals surface area contributed by atoms with Crippen LogP contribution in [0.4, 0.5) is 5.82 Å². The second kappa shape index (κ2) is 5.64. The fourth-order valence-corrected chi connectivity index (χ4v) is 1.58. The predicted molar refractivity (Wildman–Crippen MR) is 72.5 cm³/mol. The Labute approximate surface area is 111 Å². The second-order valence-electron chi connectivity index (χ2n) is 4.06. The van der Waals surface area contributed by atoms with Gasteiger partial charge in [-0.3, -0.25) is 0 Å². The van der Waals surface area contributed by atoms with Crippen molar-refractivity contribution in [3.8, 4) is 0 Å². The van der Waals surface area contributed by atoms with Crippen LogP contribution in [-0.2, 0) is 0 Å². The summed E-state index contributed by atoms with van der Waals surface area (Å²) in [5.41, 5.74) is 0.856. The topological polar surface area (TPSA) is 75.1 Å². The molecule has 0 saturated carbocycles. The molecule has 0 aliphatic rings. The van der Waals surface area contributed by atoms with Gasteiger partial charge in [0.2, 0.25) is 0 Å². The Bertz CT molecular complexity index is 572. The van der Waals surface area contributed by atoms with Crippen molar-refractivity contribution in [2.45, 2.75) is 19.9 Å². The summed E-state index contributed by atoms with van der Waals surface area (Å²) in [6.45, 7) is 4.03. The normalized spacial score (nSPS) is 10.2. The first-order chi connectivity index (χ1) is 8.08. The maximum atomic E-state index is 10.8. The van der Waals surface area contributed by atoms with Gasteiger partial charge in [0.1, 0.15) is 12.1 Å². The van der Waals surface area contributed by atoms with Crippen molar-refractivity contribution in [1.82, 2.24) is 9.97 Å². The van der Waals surface area contributed by atoms with E-state index < -0.39 is 5.97 Å². The minimum atomic E-state index is -0.955. The molecule has 0 amide bonds. The van der Waals surface area contributed by atoms with Crippen molar-refractivity contribution >= 4 is 35.1 Å². The molecule has 18 heavy (non-hydrogen) atoms. The van der Waals surface area contributed by atoms with E-state index in [1.54, 1.807) is 18.2 Å². The lowest BCUT2D eigenvalue weighted by Crippen LogP contribution is -2.11. The second-order valence-corrected chi connectivity index (χ2v) is 4.06. The van der Waals surface area contributed by atoms with Gasteiger partial charge in [0.15, 0.2) is 0 Å². The number of aromatic nitrogens is 2. The number of carbonyl (C=O) groups is 1. The largest absolute Gasteiger partial charge is 0.478 e. The minimum absolute atomic E-state index is 0. The molecule has 5 nitrogen and oxygen atoms in total. The first-order valence-corrected chi connectivity index (χ1v) is 5.32. The molecule has 0 saturated heterocycles. The Hall–Kier alpha value is -1.88. The molecular formula is C12H14ClN3O2. The van der Waals surface area contributed by atoms with Gasteiger partial charge < -0.3 is 10.4 Å². The summed E-state index contributed by atoms with van der Waals surface area (Å²) >= 11 is 0. The maximum absolute atomic E-state index is 10.8. The van der Waals surface area contributed by atoms with E-state index in [4.69, 9.17) is 5.11 Å². The van der Waals surface area contributed by atoms with Crippen LogP contribution in [0.3, 0.4) is 0 Å². The molecule has 0 fully saturated rings. The highest BCUT2D eigenvalue weighted by molar-refractivity contribution is 5.96. The van der Waals surface area contributed by atoms with E-state index in [9.17, 15) is 4.79 Å². The van der Waals surface area contributed by atoms with Crippen molar-refractivity contribution in [1.29, 1.82) is 0 Å². The van der Waals surface area contributed by atoms with Crippen LogP contribution in [0, 0.1) is 0 Å². The van der Waals surface area contributed by atoms with Crippen LogP contribution in [0.25, 0.3) is 10.9 Å². The predicted octanol–water partition coefficient (Wildman–Crippen LogP) is 2.57. The molecule has 6 heteroatoms. The standard InChI is InChI=1S/C12H13N3O2.ClH/c1-7(2)15-11-9-4-3-8(12(16)17)5-10(9)13-6-14-11;/h3-7H,1-2H3,(H,16,17)(H,13,14,15);1H. The highest BCUT2D eigenvalue weighted by Gasteiger charge is 2.08. The number of nitrogens with one attached hydrogen (secondary N) is 1. The zero-order valence-corrected chi connectivity index (χ0v) is 10.9. The summed E-state index contributed by atoms with van der Waals surface area (Å²) in [4.78, 5) is 19.1. The van der Waals surface area contributed by atoms with Crippen LogP contribution in [0.2, 0.25) is 0 Å².